The van der Waals surface area contributed by atoms with E-state index in [9.17, 15) is 4.79 Å². The molecule has 0 saturated carbocycles. The highest BCUT2D eigenvalue weighted by atomic mass is 16.5. The van der Waals surface area contributed by atoms with Crippen LogP contribution < -0.4 is 0 Å². The van der Waals surface area contributed by atoms with Gasteiger partial charge in [0, 0.05) is 25.5 Å². The summed E-state index contributed by atoms with van der Waals surface area (Å²) in [6.07, 6.45) is 3.50. The molecule has 6 heteroatoms. The summed E-state index contributed by atoms with van der Waals surface area (Å²) in [6, 6.07) is 0. The fourth-order valence-corrected chi connectivity index (χ4v) is 3.89. The number of methoxy groups -OCH3 is 1. The van der Waals surface area contributed by atoms with Crippen molar-refractivity contribution in [2.75, 3.05) is 13.7 Å². The zero-order chi connectivity index (χ0) is 16.6. The Morgan fingerprint density at radius 2 is 2.04 bits per heavy atom. The highest BCUT2D eigenvalue weighted by Crippen LogP contribution is 2.40. The molecule has 1 fully saturated rings. The molecule has 1 saturated heterocycles. The summed E-state index contributed by atoms with van der Waals surface area (Å²) in [6.45, 7) is 8.19. The Kier molecular flexibility index (Phi) is 4.45. The monoisotopic (exact) mass is 321 g/mol. The van der Waals surface area contributed by atoms with E-state index in [0.29, 0.717) is 0 Å². The maximum atomic E-state index is 11.8. The normalized spacial score (nSPS) is 28.3. The molecule has 0 spiro atoms. The highest BCUT2D eigenvalue weighted by molar-refractivity contribution is 5.72. The number of fused-ring (bicyclic) bond motifs is 1. The van der Waals surface area contributed by atoms with E-state index in [1.165, 1.54) is 7.11 Å². The number of aryl methyl sites for hydroxylation is 1. The standard InChI is InChI=1S/C17H27N3O3/c1-17(2,3)14-12(8-10-23-14)15-19-18-13-6-5-11(16(21)22-4)7-9-20(13)15/h11-12,14H,5-10H2,1-4H3/t11?,12-,14-/m0/s1. The third-order valence-corrected chi connectivity index (χ3v) is 5.09. The largest absolute Gasteiger partial charge is 0.469 e. The van der Waals surface area contributed by atoms with Gasteiger partial charge in [-0.3, -0.25) is 4.79 Å². The number of carbonyl (C=O) groups excluding carboxylic acids is 1. The lowest BCUT2D eigenvalue weighted by Gasteiger charge is -2.30. The first-order valence-electron chi connectivity index (χ1n) is 8.53. The van der Waals surface area contributed by atoms with Gasteiger partial charge < -0.3 is 14.0 Å². The fourth-order valence-electron chi connectivity index (χ4n) is 3.89. The highest BCUT2D eigenvalue weighted by Gasteiger charge is 2.41. The Balaban J connectivity index is 1.83. The Hall–Kier alpha value is -1.43. The molecule has 2 aliphatic heterocycles. The van der Waals surface area contributed by atoms with E-state index >= 15 is 0 Å². The molecule has 0 N–H and O–H groups in total. The van der Waals surface area contributed by atoms with Crippen LogP contribution in [0.3, 0.4) is 0 Å². The number of rotatable bonds is 2. The molecule has 3 atom stereocenters. The molecular formula is C17H27N3O3. The zero-order valence-electron chi connectivity index (χ0n) is 14.5. The molecule has 1 aromatic heterocycles. The van der Waals surface area contributed by atoms with Gasteiger partial charge in [-0.25, -0.2) is 0 Å². The number of hydrogen-bond acceptors (Lipinski definition) is 5. The third-order valence-electron chi connectivity index (χ3n) is 5.09. The van der Waals surface area contributed by atoms with Crippen molar-refractivity contribution in [2.45, 2.75) is 65.0 Å². The van der Waals surface area contributed by atoms with Gasteiger partial charge >= 0.3 is 5.97 Å². The minimum absolute atomic E-state index is 0.0345. The quantitative estimate of drug-likeness (QED) is 0.782. The second kappa shape index (κ2) is 6.23. The first-order chi connectivity index (χ1) is 10.9. The Morgan fingerprint density at radius 1 is 1.26 bits per heavy atom. The van der Waals surface area contributed by atoms with Gasteiger partial charge in [0.25, 0.3) is 0 Å². The van der Waals surface area contributed by atoms with Gasteiger partial charge in [0.1, 0.15) is 11.6 Å². The van der Waals surface area contributed by atoms with Crippen molar-refractivity contribution in [2.24, 2.45) is 11.3 Å². The summed E-state index contributed by atoms with van der Waals surface area (Å²) in [5, 5.41) is 8.89. The van der Waals surface area contributed by atoms with Gasteiger partial charge in [-0.15, -0.1) is 10.2 Å². The van der Waals surface area contributed by atoms with Gasteiger partial charge in [-0.05, 0) is 24.7 Å². The lowest BCUT2D eigenvalue weighted by atomic mass is 9.81. The minimum atomic E-state index is -0.109. The Bertz CT molecular complexity index is 576. The molecule has 1 unspecified atom stereocenters. The van der Waals surface area contributed by atoms with Crippen LogP contribution in [0.25, 0.3) is 0 Å². The first-order valence-corrected chi connectivity index (χ1v) is 8.53. The summed E-state index contributed by atoms with van der Waals surface area (Å²) in [5.74, 6) is 2.16. The van der Waals surface area contributed by atoms with Crippen LogP contribution in [-0.4, -0.2) is 40.6 Å². The molecular weight excluding hydrogens is 294 g/mol. The van der Waals surface area contributed by atoms with Crippen molar-refractivity contribution in [1.29, 1.82) is 0 Å². The summed E-state index contributed by atoms with van der Waals surface area (Å²) < 4.78 is 13.1. The predicted molar refractivity (Wildman–Crippen MR) is 85.0 cm³/mol. The topological polar surface area (TPSA) is 66.2 Å². The van der Waals surface area contributed by atoms with E-state index in [2.05, 4.69) is 35.5 Å². The van der Waals surface area contributed by atoms with Crippen LogP contribution >= 0.6 is 0 Å². The van der Waals surface area contributed by atoms with Crippen LogP contribution in [0.1, 0.15) is 57.6 Å². The van der Waals surface area contributed by atoms with E-state index in [0.717, 1.165) is 50.5 Å². The fraction of sp³-hybridized carbons (Fsp3) is 0.824. The van der Waals surface area contributed by atoms with Gasteiger partial charge in [0.15, 0.2) is 0 Å². The number of ether oxygens (including phenoxy) is 2. The third kappa shape index (κ3) is 3.13. The Labute approximate surface area is 137 Å². The number of nitrogens with zero attached hydrogens (tertiary/aromatic N) is 3. The average molecular weight is 321 g/mol. The lowest BCUT2D eigenvalue weighted by Crippen LogP contribution is -2.31. The van der Waals surface area contributed by atoms with Crippen molar-refractivity contribution >= 4 is 5.97 Å². The van der Waals surface area contributed by atoms with Crippen LogP contribution in [0.2, 0.25) is 0 Å². The van der Waals surface area contributed by atoms with Crippen LogP contribution in [-0.2, 0) is 27.2 Å². The van der Waals surface area contributed by atoms with Crippen LogP contribution in [0.5, 0.6) is 0 Å². The summed E-state index contributed by atoms with van der Waals surface area (Å²) in [7, 11) is 1.46. The van der Waals surface area contributed by atoms with Crippen LogP contribution in [0.15, 0.2) is 0 Å². The molecule has 0 bridgehead atoms. The number of hydrogen-bond donors (Lipinski definition) is 0. The van der Waals surface area contributed by atoms with Gasteiger partial charge in [-0.1, -0.05) is 20.8 Å². The van der Waals surface area contributed by atoms with Gasteiger partial charge in [0.2, 0.25) is 0 Å². The molecule has 2 aliphatic rings. The number of aromatic nitrogens is 3. The molecule has 0 radical (unpaired) electrons. The molecule has 128 valence electrons. The minimum Gasteiger partial charge on any atom is -0.469 e. The van der Waals surface area contributed by atoms with Crippen LogP contribution in [0.4, 0.5) is 0 Å². The maximum Gasteiger partial charge on any atom is 0.308 e. The molecule has 23 heavy (non-hydrogen) atoms. The smallest absolute Gasteiger partial charge is 0.308 e. The van der Waals surface area contributed by atoms with E-state index < -0.39 is 0 Å². The average Bonchev–Trinajstić information content (AvgIpc) is 3.08. The summed E-state index contributed by atoms with van der Waals surface area (Å²) >= 11 is 0. The van der Waals surface area contributed by atoms with E-state index in [4.69, 9.17) is 9.47 Å². The molecule has 3 heterocycles. The summed E-state index contributed by atoms with van der Waals surface area (Å²) in [5.41, 5.74) is 0.0762. The number of esters is 1. The number of carbonyl (C=O) groups is 1. The second-order valence-corrected chi connectivity index (χ2v) is 7.73. The van der Waals surface area contributed by atoms with Crippen molar-refractivity contribution < 1.29 is 14.3 Å². The lowest BCUT2D eigenvalue weighted by molar-refractivity contribution is -0.145. The molecule has 0 aromatic carbocycles. The van der Waals surface area contributed by atoms with Gasteiger partial charge in [-0.2, -0.15) is 0 Å². The van der Waals surface area contributed by atoms with E-state index in [1.54, 1.807) is 0 Å². The molecule has 3 rings (SSSR count). The van der Waals surface area contributed by atoms with E-state index in [1.807, 2.05) is 0 Å². The molecule has 6 nitrogen and oxygen atoms in total. The van der Waals surface area contributed by atoms with Crippen molar-refractivity contribution in [3.8, 4) is 0 Å². The Morgan fingerprint density at radius 3 is 2.74 bits per heavy atom. The van der Waals surface area contributed by atoms with Crippen molar-refractivity contribution in [3.63, 3.8) is 0 Å². The first kappa shape index (κ1) is 16.4. The van der Waals surface area contributed by atoms with Gasteiger partial charge in [0.05, 0.1) is 19.1 Å². The maximum absolute atomic E-state index is 11.8. The van der Waals surface area contributed by atoms with Crippen molar-refractivity contribution in [3.05, 3.63) is 11.6 Å². The second-order valence-electron chi connectivity index (χ2n) is 7.73. The van der Waals surface area contributed by atoms with Crippen molar-refractivity contribution in [1.82, 2.24) is 14.8 Å². The SMILES string of the molecule is COC(=O)C1CCc2nnc([C@H]3CCO[C@@H]3C(C)(C)C)n2CC1. The molecule has 1 aromatic rings. The van der Waals surface area contributed by atoms with E-state index in [-0.39, 0.29) is 29.3 Å². The van der Waals surface area contributed by atoms with Crippen LogP contribution in [0, 0.1) is 11.3 Å². The predicted octanol–water partition coefficient (Wildman–Crippen LogP) is 2.32. The zero-order valence-corrected chi connectivity index (χ0v) is 14.5. The molecule has 0 amide bonds. The summed E-state index contributed by atoms with van der Waals surface area (Å²) in [4.78, 5) is 11.8. The molecule has 0 aliphatic carbocycles.